The predicted octanol–water partition coefficient (Wildman–Crippen LogP) is 4.25. The number of hydrogen-bond donors (Lipinski definition) is 0. The van der Waals surface area contributed by atoms with Crippen LogP contribution in [0.15, 0.2) is 24.3 Å². The van der Waals surface area contributed by atoms with Crippen molar-refractivity contribution in [2.75, 3.05) is 39.3 Å². The highest BCUT2D eigenvalue weighted by molar-refractivity contribution is 6.42. The molecule has 0 unspecified atom stereocenters. The van der Waals surface area contributed by atoms with Gasteiger partial charge in [-0.15, -0.1) is 0 Å². The summed E-state index contributed by atoms with van der Waals surface area (Å²) in [5, 5.41) is 0.891. The van der Waals surface area contributed by atoms with E-state index in [1.165, 1.54) is 31.8 Å². The van der Waals surface area contributed by atoms with Gasteiger partial charge in [0.05, 0.1) is 16.6 Å². The second kappa shape index (κ2) is 10.5. The topological polar surface area (TPSA) is 60.9 Å². The van der Waals surface area contributed by atoms with Gasteiger partial charge in [-0.3, -0.25) is 14.4 Å². The Hall–Kier alpha value is -2.05. The number of benzene rings is 1. The van der Waals surface area contributed by atoms with Gasteiger partial charge in [0.25, 0.3) is 0 Å². The summed E-state index contributed by atoms with van der Waals surface area (Å²) in [4.78, 5) is 43.3. The van der Waals surface area contributed by atoms with Crippen molar-refractivity contribution in [3.63, 3.8) is 0 Å². The largest absolute Gasteiger partial charge is 0.341 e. The van der Waals surface area contributed by atoms with Crippen molar-refractivity contribution < 1.29 is 14.4 Å². The smallest absolute Gasteiger partial charge is 0.246 e. The fourth-order valence-electron chi connectivity index (χ4n) is 5.26. The van der Waals surface area contributed by atoms with Crippen molar-refractivity contribution in [2.45, 2.75) is 44.9 Å². The highest BCUT2D eigenvalue weighted by Gasteiger charge is 2.38. The first-order valence-corrected chi connectivity index (χ1v) is 12.6. The molecule has 2 aliphatic heterocycles. The monoisotopic (exact) mass is 491 g/mol. The average Bonchev–Trinajstić information content (AvgIpc) is 3.18. The molecule has 6 nitrogen and oxygen atoms in total. The standard InChI is InChI=1S/C25H31Cl2N3O3/c26-20-5-3-19(17-21(20)27)4-6-22(31)28-12-7-23(32)30(16-15-28)18-24(33)29-13-10-25(11-14-29)8-1-2-9-25/h3-6,17H,1-2,7-16,18H2. The molecule has 0 N–H and O–H groups in total. The number of hydrogen-bond acceptors (Lipinski definition) is 3. The Morgan fingerprint density at radius 3 is 2.33 bits per heavy atom. The Balaban J connectivity index is 1.28. The minimum absolute atomic E-state index is 0.0236. The summed E-state index contributed by atoms with van der Waals surface area (Å²) in [7, 11) is 0. The van der Waals surface area contributed by atoms with Crippen molar-refractivity contribution in [3.05, 3.63) is 39.9 Å². The highest BCUT2D eigenvalue weighted by Crippen LogP contribution is 2.46. The summed E-state index contributed by atoms with van der Waals surface area (Å²) < 4.78 is 0. The third-order valence-corrected chi connectivity index (χ3v) is 8.17. The molecule has 8 heteroatoms. The van der Waals surface area contributed by atoms with Crippen LogP contribution in [0.25, 0.3) is 6.08 Å². The van der Waals surface area contributed by atoms with Crippen molar-refractivity contribution in [1.29, 1.82) is 0 Å². The molecule has 2 heterocycles. The molecule has 1 saturated carbocycles. The lowest BCUT2D eigenvalue weighted by atomic mass is 9.77. The number of nitrogens with zero attached hydrogens (tertiary/aromatic N) is 3. The summed E-state index contributed by atoms with van der Waals surface area (Å²) in [6.45, 7) is 2.82. The zero-order chi connectivity index (χ0) is 23.4. The van der Waals surface area contributed by atoms with Crippen LogP contribution in [0.2, 0.25) is 10.0 Å². The van der Waals surface area contributed by atoms with Crippen LogP contribution in [0.4, 0.5) is 0 Å². The maximum atomic E-state index is 12.9. The van der Waals surface area contributed by atoms with E-state index >= 15 is 0 Å². The molecule has 1 aromatic rings. The van der Waals surface area contributed by atoms with Crippen LogP contribution in [-0.4, -0.2) is 71.7 Å². The fourth-order valence-corrected chi connectivity index (χ4v) is 5.57. The first-order valence-electron chi connectivity index (χ1n) is 11.8. The molecule has 0 aromatic heterocycles. The van der Waals surface area contributed by atoms with Gasteiger partial charge in [-0.1, -0.05) is 42.1 Å². The van der Waals surface area contributed by atoms with E-state index in [4.69, 9.17) is 23.2 Å². The minimum Gasteiger partial charge on any atom is -0.341 e. The van der Waals surface area contributed by atoms with Gasteiger partial charge in [-0.25, -0.2) is 0 Å². The maximum absolute atomic E-state index is 12.9. The van der Waals surface area contributed by atoms with E-state index in [0.29, 0.717) is 35.1 Å². The normalized spacial score (nSPS) is 21.2. The number of amides is 3. The van der Waals surface area contributed by atoms with Gasteiger partial charge in [-0.05, 0) is 54.9 Å². The molecule has 2 saturated heterocycles. The Bertz CT molecular complexity index is 933. The third kappa shape index (κ3) is 5.90. The number of rotatable bonds is 4. The zero-order valence-corrected chi connectivity index (χ0v) is 20.4. The molecular weight excluding hydrogens is 461 g/mol. The Kier molecular flexibility index (Phi) is 7.65. The van der Waals surface area contributed by atoms with Crippen LogP contribution in [-0.2, 0) is 14.4 Å². The SMILES string of the molecule is O=C(C=Cc1ccc(Cl)c(Cl)c1)N1CCC(=O)N(CC(=O)N2CCC3(CCCC3)CC2)CC1. The molecule has 178 valence electrons. The second-order valence-corrected chi connectivity index (χ2v) is 10.3. The lowest BCUT2D eigenvalue weighted by molar-refractivity contribution is -0.141. The van der Waals surface area contributed by atoms with Crippen LogP contribution in [0.3, 0.4) is 0 Å². The molecule has 1 spiro atoms. The molecule has 3 amide bonds. The molecule has 4 rings (SSSR count). The number of carbonyl (C=O) groups excluding carboxylic acids is 3. The van der Waals surface area contributed by atoms with Gasteiger partial charge < -0.3 is 14.7 Å². The van der Waals surface area contributed by atoms with Gasteiger partial charge in [0.1, 0.15) is 0 Å². The molecule has 1 aromatic carbocycles. The van der Waals surface area contributed by atoms with Crippen molar-refractivity contribution in [1.82, 2.24) is 14.7 Å². The van der Waals surface area contributed by atoms with E-state index in [0.717, 1.165) is 31.5 Å². The van der Waals surface area contributed by atoms with E-state index in [9.17, 15) is 14.4 Å². The van der Waals surface area contributed by atoms with Crippen LogP contribution >= 0.6 is 23.2 Å². The molecule has 0 radical (unpaired) electrons. The van der Waals surface area contributed by atoms with E-state index in [-0.39, 0.29) is 30.7 Å². The number of piperidine rings is 1. The summed E-state index contributed by atoms with van der Waals surface area (Å²) in [6, 6.07) is 5.16. The van der Waals surface area contributed by atoms with Crippen LogP contribution in [0, 0.1) is 5.41 Å². The zero-order valence-electron chi connectivity index (χ0n) is 18.9. The third-order valence-electron chi connectivity index (χ3n) is 7.43. The average molecular weight is 492 g/mol. The lowest BCUT2D eigenvalue weighted by Crippen LogP contribution is -2.48. The van der Waals surface area contributed by atoms with Crippen molar-refractivity contribution in [2.24, 2.45) is 5.41 Å². The Labute approximate surface area is 205 Å². The molecule has 0 bridgehead atoms. The van der Waals surface area contributed by atoms with Crippen LogP contribution < -0.4 is 0 Å². The fraction of sp³-hybridized carbons (Fsp3) is 0.560. The summed E-state index contributed by atoms with van der Waals surface area (Å²) in [5.41, 5.74) is 1.23. The Morgan fingerprint density at radius 1 is 0.909 bits per heavy atom. The molecule has 3 aliphatic rings. The van der Waals surface area contributed by atoms with E-state index in [2.05, 4.69) is 0 Å². The van der Waals surface area contributed by atoms with Crippen LogP contribution in [0.5, 0.6) is 0 Å². The summed E-state index contributed by atoms with van der Waals surface area (Å²) in [5.74, 6) is -0.216. The number of halogens is 2. The lowest BCUT2D eigenvalue weighted by Gasteiger charge is -2.40. The van der Waals surface area contributed by atoms with E-state index < -0.39 is 0 Å². The second-order valence-electron chi connectivity index (χ2n) is 9.49. The number of carbonyl (C=O) groups is 3. The van der Waals surface area contributed by atoms with Gasteiger partial charge in [-0.2, -0.15) is 0 Å². The van der Waals surface area contributed by atoms with Crippen molar-refractivity contribution >= 4 is 47.0 Å². The maximum Gasteiger partial charge on any atom is 0.246 e. The first kappa shape index (κ1) is 24.1. The van der Waals surface area contributed by atoms with Crippen LogP contribution in [0.1, 0.15) is 50.5 Å². The summed E-state index contributed by atoms with van der Waals surface area (Å²) in [6.07, 6.45) is 10.8. The van der Waals surface area contributed by atoms with Crippen molar-refractivity contribution in [3.8, 4) is 0 Å². The Morgan fingerprint density at radius 2 is 1.64 bits per heavy atom. The molecular formula is C25H31Cl2N3O3. The molecule has 0 atom stereocenters. The number of likely N-dealkylation sites (tertiary alicyclic amines) is 1. The van der Waals surface area contributed by atoms with E-state index in [1.54, 1.807) is 34.1 Å². The van der Waals surface area contributed by atoms with E-state index in [1.807, 2.05) is 4.90 Å². The van der Waals surface area contributed by atoms with Gasteiger partial charge >= 0.3 is 0 Å². The minimum atomic E-state index is -0.167. The molecule has 1 aliphatic carbocycles. The first-order chi connectivity index (χ1) is 15.8. The highest BCUT2D eigenvalue weighted by atomic mass is 35.5. The van der Waals surface area contributed by atoms with Gasteiger partial charge in [0, 0.05) is 45.2 Å². The predicted molar refractivity (Wildman–Crippen MR) is 130 cm³/mol. The molecule has 33 heavy (non-hydrogen) atoms. The molecule has 3 fully saturated rings. The summed E-state index contributed by atoms with van der Waals surface area (Å²) >= 11 is 12.0. The quantitative estimate of drug-likeness (QED) is 0.591. The van der Waals surface area contributed by atoms with Gasteiger partial charge in [0.15, 0.2) is 0 Å². The van der Waals surface area contributed by atoms with Gasteiger partial charge in [0.2, 0.25) is 17.7 Å².